The summed E-state index contributed by atoms with van der Waals surface area (Å²) in [6.45, 7) is 5.43. The van der Waals surface area contributed by atoms with Gasteiger partial charge in [0.1, 0.15) is 12.4 Å². The average molecular weight is 370 g/mol. The van der Waals surface area contributed by atoms with Crippen LogP contribution in [0.3, 0.4) is 0 Å². The van der Waals surface area contributed by atoms with Gasteiger partial charge in [0.25, 0.3) is 5.91 Å². The van der Waals surface area contributed by atoms with Gasteiger partial charge in [-0.25, -0.2) is 0 Å². The minimum atomic E-state index is -0.236. The van der Waals surface area contributed by atoms with E-state index in [2.05, 4.69) is 5.32 Å². The molecule has 27 heavy (non-hydrogen) atoms. The molecule has 1 N–H and O–H groups in total. The van der Waals surface area contributed by atoms with Crippen molar-refractivity contribution in [1.29, 1.82) is 0 Å². The van der Waals surface area contributed by atoms with E-state index in [0.29, 0.717) is 18.7 Å². The molecule has 2 heterocycles. The van der Waals surface area contributed by atoms with Crippen LogP contribution in [0.5, 0.6) is 5.75 Å². The molecule has 0 atom stereocenters. The van der Waals surface area contributed by atoms with Gasteiger partial charge in [0.2, 0.25) is 5.91 Å². The molecule has 6 heteroatoms. The highest BCUT2D eigenvalue weighted by Gasteiger charge is 2.26. The highest BCUT2D eigenvalue weighted by molar-refractivity contribution is 5.93. The molecule has 2 amide bonds. The van der Waals surface area contributed by atoms with Crippen LogP contribution in [0.1, 0.15) is 42.8 Å². The van der Waals surface area contributed by atoms with Crippen LogP contribution in [0.4, 0.5) is 0 Å². The number of likely N-dealkylation sites (tertiary alicyclic amines) is 1. The molecule has 1 aliphatic rings. The number of benzene rings is 1. The van der Waals surface area contributed by atoms with Crippen LogP contribution in [0.15, 0.2) is 47.1 Å². The van der Waals surface area contributed by atoms with Gasteiger partial charge >= 0.3 is 0 Å². The predicted molar refractivity (Wildman–Crippen MR) is 101 cm³/mol. The first-order valence-electron chi connectivity index (χ1n) is 9.38. The largest absolute Gasteiger partial charge is 0.489 e. The van der Waals surface area contributed by atoms with E-state index in [1.54, 1.807) is 6.07 Å². The summed E-state index contributed by atoms with van der Waals surface area (Å²) in [4.78, 5) is 26.5. The molecule has 0 spiro atoms. The SMILES string of the molecule is CC(C)C(=O)N1CCC(NC(=O)c2occc2COc2ccccc2)CC1. The van der Waals surface area contributed by atoms with Crippen molar-refractivity contribution < 1.29 is 18.7 Å². The summed E-state index contributed by atoms with van der Waals surface area (Å²) in [6.07, 6.45) is 3.00. The van der Waals surface area contributed by atoms with E-state index in [4.69, 9.17) is 9.15 Å². The van der Waals surface area contributed by atoms with E-state index in [1.807, 2.05) is 49.1 Å². The number of hydrogen-bond acceptors (Lipinski definition) is 4. The number of ether oxygens (including phenoxy) is 1. The lowest BCUT2D eigenvalue weighted by molar-refractivity contribution is -0.135. The topological polar surface area (TPSA) is 71.8 Å². The van der Waals surface area contributed by atoms with Crippen LogP contribution in [-0.2, 0) is 11.4 Å². The zero-order chi connectivity index (χ0) is 19.2. The van der Waals surface area contributed by atoms with Gasteiger partial charge < -0.3 is 19.4 Å². The van der Waals surface area contributed by atoms with E-state index < -0.39 is 0 Å². The molecular formula is C21H26N2O4. The van der Waals surface area contributed by atoms with Crippen LogP contribution in [0.25, 0.3) is 0 Å². The molecule has 2 aromatic rings. The van der Waals surface area contributed by atoms with Crippen LogP contribution in [-0.4, -0.2) is 35.8 Å². The number of hydrogen-bond donors (Lipinski definition) is 1. The summed E-state index contributed by atoms with van der Waals surface area (Å²) >= 11 is 0. The van der Waals surface area contributed by atoms with Gasteiger partial charge in [0.05, 0.1) is 6.26 Å². The highest BCUT2D eigenvalue weighted by atomic mass is 16.5. The first-order valence-corrected chi connectivity index (χ1v) is 9.38. The van der Waals surface area contributed by atoms with E-state index in [1.165, 1.54) is 6.26 Å². The van der Waals surface area contributed by atoms with Gasteiger partial charge in [-0.1, -0.05) is 32.0 Å². The normalized spacial score (nSPS) is 15.0. The van der Waals surface area contributed by atoms with E-state index in [-0.39, 0.29) is 36.1 Å². The lowest BCUT2D eigenvalue weighted by atomic mass is 10.0. The zero-order valence-electron chi connectivity index (χ0n) is 15.8. The molecular weight excluding hydrogens is 344 g/mol. The lowest BCUT2D eigenvalue weighted by Crippen LogP contribution is -2.47. The van der Waals surface area contributed by atoms with Gasteiger partial charge in [-0.05, 0) is 31.0 Å². The van der Waals surface area contributed by atoms with E-state index >= 15 is 0 Å². The number of furan rings is 1. The molecule has 1 saturated heterocycles. The Morgan fingerprint density at radius 2 is 1.89 bits per heavy atom. The van der Waals surface area contributed by atoms with Crippen molar-refractivity contribution in [3.8, 4) is 5.75 Å². The minimum Gasteiger partial charge on any atom is -0.489 e. The Morgan fingerprint density at radius 1 is 1.19 bits per heavy atom. The second-order valence-electron chi connectivity index (χ2n) is 7.10. The molecule has 1 aliphatic heterocycles. The summed E-state index contributed by atoms with van der Waals surface area (Å²) in [7, 11) is 0. The second kappa shape index (κ2) is 8.75. The third kappa shape index (κ3) is 4.90. The van der Waals surface area contributed by atoms with E-state index in [9.17, 15) is 9.59 Å². The number of carbonyl (C=O) groups is 2. The second-order valence-corrected chi connectivity index (χ2v) is 7.10. The van der Waals surface area contributed by atoms with Gasteiger partial charge in [-0.2, -0.15) is 0 Å². The highest BCUT2D eigenvalue weighted by Crippen LogP contribution is 2.18. The van der Waals surface area contributed by atoms with Crippen molar-refractivity contribution in [2.45, 2.75) is 39.3 Å². The van der Waals surface area contributed by atoms with Gasteiger partial charge in [-0.3, -0.25) is 9.59 Å². The fraction of sp³-hybridized carbons (Fsp3) is 0.429. The zero-order valence-corrected chi connectivity index (χ0v) is 15.8. The standard InChI is InChI=1S/C21H26N2O4/c1-15(2)21(25)23-11-8-17(9-12-23)22-20(24)19-16(10-13-26-19)14-27-18-6-4-3-5-7-18/h3-7,10,13,15,17H,8-9,11-12,14H2,1-2H3,(H,22,24). The van der Waals surface area contributed by atoms with Crippen molar-refractivity contribution in [1.82, 2.24) is 10.2 Å². The molecule has 6 nitrogen and oxygen atoms in total. The van der Waals surface area contributed by atoms with Crippen molar-refractivity contribution in [2.75, 3.05) is 13.1 Å². The Labute approximate surface area is 159 Å². The molecule has 1 aromatic heterocycles. The number of rotatable bonds is 6. The number of nitrogens with zero attached hydrogens (tertiary/aromatic N) is 1. The van der Waals surface area contributed by atoms with Crippen LogP contribution in [0, 0.1) is 5.92 Å². The predicted octanol–water partition coefficient (Wildman–Crippen LogP) is 3.24. The maximum Gasteiger partial charge on any atom is 0.287 e. The monoisotopic (exact) mass is 370 g/mol. The molecule has 3 rings (SSSR count). The number of carbonyl (C=O) groups excluding carboxylic acids is 2. The number of piperidine rings is 1. The molecule has 0 bridgehead atoms. The van der Waals surface area contributed by atoms with Crippen molar-refractivity contribution in [3.63, 3.8) is 0 Å². The first-order chi connectivity index (χ1) is 13.0. The molecule has 144 valence electrons. The third-order valence-corrected chi connectivity index (χ3v) is 4.73. The number of para-hydroxylation sites is 1. The summed E-state index contributed by atoms with van der Waals surface area (Å²) in [5.41, 5.74) is 0.712. The van der Waals surface area contributed by atoms with Crippen molar-refractivity contribution in [3.05, 3.63) is 54.0 Å². The Bertz CT molecular complexity index is 761. The van der Waals surface area contributed by atoms with Gasteiger partial charge in [0.15, 0.2) is 5.76 Å². The smallest absolute Gasteiger partial charge is 0.287 e. The quantitative estimate of drug-likeness (QED) is 0.847. The third-order valence-electron chi connectivity index (χ3n) is 4.73. The molecule has 0 saturated carbocycles. The average Bonchev–Trinajstić information content (AvgIpc) is 3.16. The van der Waals surface area contributed by atoms with Crippen molar-refractivity contribution >= 4 is 11.8 Å². The summed E-state index contributed by atoms with van der Waals surface area (Å²) < 4.78 is 11.1. The Balaban J connectivity index is 1.52. The lowest BCUT2D eigenvalue weighted by Gasteiger charge is -2.33. The van der Waals surface area contributed by atoms with Crippen LogP contribution >= 0.6 is 0 Å². The molecule has 1 aromatic carbocycles. The van der Waals surface area contributed by atoms with Gasteiger partial charge in [0, 0.05) is 30.6 Å². The fourth-order valence-corrected chi connectivity index (χ4v) is 3.19. The maximum absolute atomic E-state index is 12.6. The first kappa shape index (κ1) is 19.0. The number of nitrogens with one attached hydrogen (secondary N) is 1. The fourth-order valence-electron chi connectivity index (χ4n) is 3.19. The summed E-state index contributed by atoms with van der Waals surface area (Å²) in [5.74, 6) is 0.969. The molecule has 0 radical (unpaired) electrons. The minimum absolute atomic E-state index is 0.00596. The Kier molecular flexibility index (Phi) is 6.16. The van der Waals surface area contributed by atoms with Crippen molar-refractivity contribution in [2.24, 2.45) is 5.92 Å². The van der Waals surface area contributed by atoms with Crippen LogP contribution in [0.2, 0.25) is 0 Å². The molecule has 0 unspecified atom stereocenters. The summed E-state index contributed by atoms with van der Waals surface area (Å²) in [6, 6.07) is 11.2. The summed E-state index contributed by atoms with van der Waals surface area (Å²) in [5, 5.41) is 3.02. The Morgan fingerprint density at radius 3 is 2.56 bits per heavy atom. The molecule has 0 aliphatic carbocycles. The number of amides is 2. The van der Waals surface area contributed by atoms with Crippen LogP contribution < -0.4 is 10.1 Å². The maximum atomic E-state index is 12.6. The van der Waals surface area contributed by atoms with Gasteiger partial charge in [-0.15, -0.1) is 0 Å². The Hall–Kier alpha value is -2.76. The molecule has 1 fully saturated rings. The van der Waals surface area contributed by atoms with E-state index in [0.717, 1.165) is 18.6 Å².